The van der Waals surface area contributed by atoms with Gasteiger partial charge in [0.05, 0.1) is 0 Å². The van der Waals surface area contributed by atoms with Crippen molar-refractivity contribution in [1.29, 1.82) is 0 Å². The van der Waals surface area contributed by atoms with Gasteiger partial charge >= 0.3 is 0 Å². The van der Waals surface area contributed by atoms with E-state index in [1.54, 1.807) is 0 Å². The zero-order valence-electron chi connectivity index (χ0n) is 9.55. The van der Waals surface area contributed by atoms with Gasteiger partial charge in [-0.15, -0.1) is 22.2 Å². The SMILES string of the molecule is CC(C)C[Si](Cl)(Cl)CC1CC2C=CC1C2. The first-order valence-corrected chi connectivity index (χ1v) is 10.5. The van der Waals surface area contributed by atoms with Crippen LogP contribution in [0.15, 0.2) is 12.2 Å². The standard InChI is InChI=1S/C12H20Cl2Si/c1-9(2)7-15(13,14)8-12-6-10-3-4-11(12)5-10/h3-4,9-12H,5-8H2,1-2H3. The maximum Gasteiger partial charge on any atom is 0.251 e. The van der Waals surface area contributed by atoms with Gasteiger partial charge in [-0.25, -0.2) is 0 Å². The molecule has 1 fully saturated rings. The minimum Gasteiger partial charge on any atom is -0.146 e. The van der Waals surface area contributed by atoms with Gasteiger partial charge in [0.25, 0.3) is 6.69 Å². The summed E-state index contributed by atoms with van der Waals surface area (Å²) in [5, 5.41) is 0. The highest BCUT2D eigenvalue weighted by Crippen LogP contribution is 2.48. The van der Waals surface area contributed by atoms with Gasteiger partial charge < -0.3 is 0 Å². The molecule has 86 valence electrons. The lowest BCUT2D eigenvalue weighted by Crippen LogP contribution is -2.26. The second-order valence-electron chi connectivity index (χ2n) is 5.70. The number of halogens is 2. The quantitative estimate of drug-likeness (QED) is 0.389. The lowest BCUT2D eigenvalue weighted by molar-refractivity contribution is 0.488. The highest BCUT2D eigenvalue weighted by atomic mass is 35.7. The monoisotopic (exact) mass is 262 g/mol. The van der Waals surface area contributed by atoms with Crippen LogP contribution in [0.1, 0.15) is 26.7 Å². The Bertz CT molecular complexity index is 260. The molecule has 0 nitrogen and oxygen atoms in total. The molecular formula is C12H20Cl2Si. The van der Waals surface area contributed by atoms with Crippen molar-refractivity contribution in [2.45, 2.75) is 38.8 Å². The summed E-state index contributed by atoms with van der Waals surface area (Å²) in [4.78, 5) is 0. The predicted octanol–water partition coefficient (Wildman–Crippen LogP) is 4.77. The van der Waals surface area contributed by atoms with Crippen molar-refractivity contribution >= 4 is 28.9 Å². The Hall–Kier alpha value is 0.537. The summed E-state index contributed by atoms with van der Waals surface area (Å²) in [5.41, 5.74) is 0. The average molecular weight is 263 g/mol. The maximum atomic E-state index is 6.53. The molecule has 0 aromatic rings. The molecule has 0 aromatic carbocycles. The van der Waals surface area contributed by atoms with Gasteiger partial charge in [-0.2, -0.15) is 0 Å². The Kier molecular flexibility index (Phi) is 3.54. The Morgan fingerprint density at radius 1 is 1.27 bits per heavy atom. The summed E-state index contributed by atoms with van der Waals surface area (Å²) in [6.07, 6.45) is 7.49. The molecule has 0 amide bonds. The van der Waals surface area contributed by atoms with Crippen LogP contribution in [0.5, 0.6) is 0 Å². The van der Waals surface area contributed by atoms with Crippen molar-refractivity contribution in [2.75, 3.05) is 0 Å². The molecule has 0 saturated heterocycles. The fourth-order valence-corrected chi connectivity index (χ4v) is 8.83. The van der Waals surface area contributed by atoms with E-state index in [2.05, 4.69) is 26.0 Å². The number of hydrogen-bond donors (Lipinski definition) is 0. The summed E-state index contributed by atoms with van der Waals surface area (Å²) in [7, 11) is 0. The Morgan fingerprint density at radius 2 is 2.00 bits per heavy atom. The van der Waals surface area contributed by atoms with E-state index in [1.165, 1.54) is 12.8 Å². The van der Waals surface area contributed by atoms with Crippen LogP contribution in [0.3, 0.4) is 0 Å². The van der Waals surface area contributed by atoms with Crippen molar-refractivity contribution < 1.29 is 0 Å². The van der Waals surface area contributed by atoms with E-state index in [-0.39, 0.29) is 0 Å². The molecule has 0 heterocycles. The summed E-state index contributed by atoms with van der Waals surface area (Å²) in [6, 6.07) is 2.16. The first-order chi connectivity index (χ1) is 6.96. The summed E-state index contributed by atoms with van der Waals surface area (Å²) in [5.74, 6) is 3.07. The van der Waals surface area contributed by atoms with E-state index < -0.39 is 6.69 Å². The van der Waals surface area contributed by atoms with Crippen molar-refractivity contribution in [3.63, 3.8) is 0 Å². The minimum atomic E-state index is -1.96. The van der Waals surface area contributed by atoms with Crippen molar-refractivity contribution in [2.24, 2.45) is 23.7 Å². The van der Waals surface area contributed by atoms with Gasteiger partial charge in [-0.05, 0) is 48.6 Å². The van der Waals surface area contributed by atoms with Crippen LogP contribution < -0.4 is 0 Å². The Morgan fingerprint density at radius 3 is 2.47 bits per heavy atom. The van der Waals surface area contributed by atoms with E-state index in [0.29, 0.717) is 5.92 Å². The van der Waals surface area contributed by atoms with Crippen LogP contribution in [0.2, 0.25) is 12.1 Å². The lowest BCUT2D eigenvalue weighted by atomic mass is 9.96. The smallest absolute Gasteiger partial charge is 0.146 e. The molecule has 0 aromatic heterocycles. The van der Waals surface area contributed by atoms with Gasteiger partial charge in [0.15, 0.2) is 0 Å². The largest absolute Gasteiger partial charge is 0.251 e. The fourth-order valence-electron chi connectivity index (χ4n) is 3.19. The molecule has 0 aliphatic heterocycles. The van der Waals surface area contributed by atoms with E-state index in [0.717, 1.165) is 29.8 Å². The highest BCUT2D eigenvalue weighted by Gasteiger charge is 2.41. The van der Waals surface area contributed by atoms with Crippen LogP contribution >= 0.6 is 22.2 Å². The van der Waals surface area contributed by atoms with E-state index >= 15 is 0 Å². The Labute approximate surface area is 103 Å². The number of fused-ring (bicyclic) bond motifs is 2. The molecule has 0 radical (unpaired) electrons. The van der Waals surface area contributed by atoms with Gasteiger partial charge in [0, 0.05) is 0 Å². The molecule has 3 unspecified atom stereocenters. The lowest BCUT2D eigenvalue weighted by Gasteiger charge is -2.26. The fraction of sp³-hybridized carbons (Fsp3) is 0.833. The highest BCUT2D eigenvalue weighted by molar-refractivity contribution is 7.45. The topological polar surface area (TPSA) is 0 Å². The third-order valence-electron chi connectivity index (χ3n) is 3.68. The van der Waals surface area contributed by atoms with Gasteiger partial charge in [0.1, 0.15) is 0 Å². The molecular weight excluding hydrogens is 243 g/mol. The average Bonchev–Trinajstić information content (AvgIpc) is 2.60. The second-order valence-corrected chi connectivity index (χ2v) is 13.1. The van der Waals surface area contributed by atoms with E-state index in [4.69, 9.17) is 22.2 Å². The maximum absolute atomic E-state index is 6.53. The van der Waals surface area contributed by atoms with Crippen molar-refractivity contribution in [3.8, 4) is 0 Å². The predicted molar refractivity (Wildman–Crippen MR) is 70.8 cm³/mol. The van der Waals surface area contributed by atoms with Crippen LogP contribution in [-0.2, 0) is 0 Å². The zero-order chi connectivity index (χ0) is 11.1. The number of rotatable bonds is 4. The van der Waals surface area contributed by atoms with Gasteiger partial charge in [-0.1, -0.05) is 26.0 Å². The first-order valence-electron chi connectivity index (χ1n) is 6.02. The van der Waals surface area contributed by atoms with E-state index in [1.807, 2.05) is 0 Å². The van der Waals surface area contributed by atoms with Crippen molar-refractivity contribution in [1.82, 2.24) is 0 Å². The third-order valence-corrected chi connectivity index (χ3v) is 8.07. The minimum absolute atomic E-state index is 0.640. The van der Waals surface area contributed by atoms with Gasteiger partial charge in [-0.3, -0.25) is 0 Å². The molecule has 2 bridgehead atoms. The van der Waals surface area contributed by atoms with Crippen LogP contribution in [0.4, 0.5) is 0 Å². The first kappa shape index (κ1) is 12.0. The number of allylic oxidation sites excluding steroid dienone is 2. The summed E-state index contributed by atoms with van der Waals surface area (Å²) >= 11 is 13.1. The van der Waals surface area contributed by atoms with Crippen LogP contribution in [0.25, 0.3) is 0 Å². The summed E-state index contributed by atoms with van der Waals surface area (Å²) in [6.45, 7) is 2.47. The molecule has 2 aliphatic rings. The zero-order valence-corrected chi connectivity index (χ0v) is 12.1. The second kappa shape index (κ2) is 4.42. The van der Waals surface area contributed by atoms with Crippen LogP contribution in [0, 0.1) is 23.7 Å². The normalized spacial score (nSPS) is 34.3. The molecule has 0 N–H and O–H groups in total. The van der Waals surface area contributed by atoms with E-state index in [9.17, 15) is 0 Å². The van der Waals surface area contributed by atoms with Crippen LogP contribution in [-0.4, -0.2) is 6.69 Å². The molecule has 3 heteroatoms. The molecule has 2 aliphatic carbocycles. The summed E-state index contributed by atoms with van der Waals surface area (Å²) < 4.78 is 0. The van der Waals surface area contributed by atoms with Crippen molar-refractivity contribution in [3.05, 3.63) is 12.2 Å². The molecule has 2 rings (SSSR count). The molecule has 3 atom stereocenters. The molecule has 0 spiro atoms. The third kappa shape index (κ3) is 3.01. The number of hydrogen-bond acceptors (Lipinski definition) is 0. The Balaban J connectivity index is 1.89. The molecule has 1 saturated carbocycles. The van der Waals surface area contributed by atoms with Gasteiger partial charge in [0.2, 0.25) is 0 Å². The molecule has 15 heavy (non-hydrogen) atoms.